The van der Waals surface area contributed by atoms with Gasteiger partial charge in [-0.15, -0.1) is 0 Å². The molecule has 3 rings (SSSR count). The van der Waals surface area contributed by atoms with Crippen LogP contribution in [0.4, 0.5) is 11.6 Å². The second-order valence-electron chi connectivity index (χ2n) is 5.55. The number of rotatable bonds is 6. The molecule has 1 aromatic heterocycles. The first-order chi connectivity index (χ1) is 12.2. The third-order valence-corrected chi connectivity index (χ3v) is 4.03. The number of nitrogens with one attached hydrogen (secondary N) is 2. The summed E-state index contributed by atoms with van der Waals surface area (Å²) in [7, 11) is 0. The summed E-state index contributed by atoms with van der Waals surface area (Å²) >= 11 is 5.89. The van der Waals surface area contributed by atoms with Gasteiger partial charge in [0.15, 0.2) is 0 Å². The predicted molar refractivity (Wildman–Crippen MR) is 97.3 cm³/mol. The highest BCUT2D eigenvalue weighted by Gasteiger charge is 2.13. The lowest BCUT2D eigenvalue weighted by atomic mass is 10.2. The molecule has 1 amide bonds. The number of anilines is 2. The SMILES string of the molecule is O=C(NCCNc1cc(N2CCOCC2)ncn1)c1cccc(Cl)c1. The number of morpholine rings is 1. The summed E-state index contributed by atoms with van der Waals surface area (Å²) in [5, 5.41) is 6.58. The highest BCUT2D eigenvalue weighted by atomic mass is 35.5. The van der Waals surface area contributed by atoms with E-state index in [-0.39, 0.29) is 5.91 Å². The first-order valence-electron chi connectivity index (χ1n) is 8.15. The average molecular weight is 362 g/mol. The van der Waals surface area contributed by atoms with Gasteiger partial charge in [0.05, 0.1) is 13.2 Å². The van der Waals surface area contributed by atoms with Crippen LogP contribution in [0.5, 0.6) is 0 Å². The van der Waals surface area contributed by atoms with Gasteiger partial charge in [-0.05, 0) is 18.2 Å². The predicted octanol–water partition coefficient (Wildman–Crippen LogP) is 1.81. The van der Waals surface area contributed by atoms with E-state index in [4.69, 9.17) is 16.3 Å². The molecule has 0 atom stereocenters. The fraction of sp³-hybridized carbons (Fsp3) is 0.353. The fourth-order valence-electron chi connectivity index (χ4n) is 2.51. The maximum Gasteiger partial charge on any atom is 0.251 e. The van der Waals surface area contributed by atoms with Gasteiger partial charge < -0.3 is 20.3 Å². The molecule has 0 unspecified atom stereocenters. The van der Waals surface area contributed by atoms with Gasteiger partial charge in [-0.3, -0.25) is 4.79 Å². The molecule has 0 aliphatic carbocycles. The lowest BCUT2D eigenvalue weighted by molar-refractivity contribution is 0.0955. The Hall–Kier alpha value is -2.38. The van der Waals surface area contributed by atoms with Crippen LogP contribution in [-0.2, 0) is 4.74 Å². The zero-order chi connectivity index (χ0) is 17.5. The Labute approximate surface area is 151 Å². The maximum atomic E-state index is 12.0. The molecule has 2 N–H and O–H groups in total. The highest BCUT2D eigenvalue weighted by molar-refractivity contribution is 6.30. The van der Waals surface area contributed by atoms with Gasteiger partial charge in [0.2, 0.25) is 0 Å². The number of benzene rings is 1. The van der Waals surface area contributed by atoms with E-state index in [0.29, 0.717) is 36.9 Å². The molecule has 2 aromatic rings. The van der Waals surface area contributed by atoms with E-state index in [2.05, 4.69) is 25.5 Å². The number of aromatic nitrogens is 2. The van der Waals surface area contributed by atoms with E-state index in [0.717, 1.165) is 24.7 Å². The first kappa shape index (κ1) is 17.4. The summed E-state index contributed by atoms with van der Waals surface area (Å²) in [6.45, 7) is 4.11. The number of amides is 1. The summed E-state index contributed by atoms with van der Waals surface area (Å²) in [6.07, 6.45) is 1.54. The quantitative estimate of drug-likeness (QED) is 0.764. The van der Waals surface area contributed by atoms with Crippen LogP contribution in [0.1, 0.15) is 10.4 Å². The van der Waals surface area contributed by atoms with Gasteiger partial charge in [0, 0.05) is 42.8 Å². The Kier molecular flexibility index (Phi) is 6.03. The minimum absolute atomic E-state index is 0.152. The molecule has 132 valence electrons. The summed E-state index contributed by atoms with van der Waals surface area (Å²) < 4.78 is 5.35. The molecule has 7 nitrogen and oxygen atoms in total. The summed E-state index contributed by atoms with van der Waals surface area (Å²) in [5.41, 5.74) is 0.545. The van der Waals surface area contributed by atoms with Crippen molar-refractivity contribution in [2.24, 2.45) is 0 Å². The molecule has 1 aromatic carbocycles. The van der Waals surface area contributed by atoms with E-state index < -0.39 is 0 Å². The van der Waals surface area contributed by atoms with Crippen molar-refractivity contribution in [1.82, 2.24) is 15.3 Å². The van der Waals surface area contributed by atoms with Gasteiger partial charge in [-0.2, -0.15) is 0 Å². The van der Waals surface area contributed by atoms with Crippen LogP contribution in [-0.4, -0.2) is 55.3 Å². The van der Waals surface area contributed by atoms with Crippen LogP contribution in [0.3, 0.4) is 0 Å². The molecular formula is C17H20ClN5O2. The number of halogens is 1. The summed E-state index contributed by atoms with van der Waals surface area (Å²) in [6, 6.07) is 8.77. The topological polar surface area (TPSA) is 79.4 Å². The lowest BCUT2D eigenvalue weighted by Crippen LogP contribution is -2.36. The van der Waals surface area contributed by atoms with E-state index in [1.54, 1.807) is 24.3 Å². The van der Waals surface area contributed by atoms with E-state index in [9.17, 15) is 4.79 Å². The van der Waals surface area contributed by atoms with Crippen LogP contribution >= 0.6 is 11.6 Å². The molecular weight excluding hydrogens is 342 g/mol. The molecule has 0 bridgehead atoms. The van der Waals surface area contributed by atoms with Gasteiger partial charge >= 0.3 is 0 Å². The van der Waals surface area contributed by atoms with Crippen molar-refractivity contribution in [3.05, 3.63) is 47.2 Å². The second kappa shape index (κ2) is 8.64. The molecule has 25 heavy (non-hydrogen) atoms. The van der Waals surface area contributed by atoms with Gasteiger partial charge in [0.25, 0.3) is 5.91 Å². The summed E-state index contributed by atoms with van der Waals surface area (Å²) in [4.78, 5) is 22.7. The molecule has 2 heterocycles. The molecule has 0 spiro atoms. The van der Waals surface area contributed by atoms with Crippen molar-refractivity contribution in [3.8, 4) is 0 Å². The van der Waals surface area contributed by atoms with Crippen molar-refractivity contribution in [2.45, 2.75) is 0 Å². The van der Waals surface area contributed by atoms with Gasteiger partial charge in [-0.1, -0.05) is 17.7 Å². The number of nitrogens with zero attached hydrogens (tertiary/aromatic N) is 3. The largest absolute Gasteiger partial charge is 0.378 e. The number of carbonyl (C=O) groups is 1. The van der Waals surface area contributed by atoms with Crippen LogP contribution in [0, 0.1) is 0 Å². The Morgan fingerprint density at radius 2 is 2.04 bits per heavy atom. The molecule has 1 fully saturated rings. The van der Waals surface area contributed by atoms with E-state index >= 15 is 0 Å². The molecule has 1 saturated heterocycles. The molecule has 0 radical (unpaired) electrons. The number of ether oxygens (including phenoxy) is 1. The van der Waals surface area contributed by atoms with Gasteiger partial charge in [-0.25, -0.2) is 9.97 Å². The molecule has 0 saturated carbocycles. The van der Waals surface area contributed by atoms with Crippen molar-refractivity contribution in [2.75, 3.05) is 49.6 Å². The van der Waals surface area contributed by atoms with Crippen LogP contribution in [0.2, 0.25) is 5.02 Å². The van der Waals surface area contributed by atoms with Crippen molar-refractivity contribution < 1.29 is 9.53 Å². The third-order valence-electron chi connectivity index (χ3n) is 3.79. The number of hydrogen-bond donors (Lipinski definition) is 2. The maximum absolute atomic E-state index is 12.0. The number of carbonyl (C=O) groups excluding carboxylic acids is 1. The van der Waals surface area contributed by atoms with Gasteiger partial charge in [0.1, 0.15) is 18.0 Å². The first-order valence-corrected chi connectivity index (χ1v) is 8.52. The van der Waals surface area contributed by atoms with E-state index in [1.165, 1.54) is 6.33 Å². The molecule has 8 heteroatoms. The molecule has 1 aliphatic heterocycles. The standard InChI is InChI=1S/C17H20ClN5O2/c18-14-3-1-2-13(10-14)17(24)20-5-4-19-15-11-16(22-12-21-15)23-6-8-25-9-7-23/h1-3,10-12H,4-9H2,(H,20,24)(H,19,21,22). The normalized spacial score (nSPS) is 14.2. The Balaban J connectivity index is 1.46. The van der Waals surface area contributed by atoms with E-state index in [1.807, 2.05) is 6.07 Å². The lowest BCUT2D eigenvalue weighted by Gasteiger charge is -2.27. The van der Waals surface area contributed by atoms with Crippen molar-refractivity contribution in [1.29, 1.82) is 0 Å². The smallest absolute Gasteiger partial charge is 0.251 e. The third kappa shape index (κ3) is 5.04. The Bertz CT molecular complexity index is 722. The highest BCUT2D eigenvalue weighted by Crippen LogP contribution is 2.15. The monoisotopic (exact) mass is 361 g/mol. The van der Waals surface area contributed by atoms with Crippen LogP contribution < -0.4 is 15.5 Å². The fourth-order valence-corrected chi connectivity index (χ4v) is 2.70. The van der Waals surface area contributed by atoms with Crippen LogP contribution in [0.25, 0.3) is 0 Å². The molecule has 1 aliphatic rings. The van der Waals surface area contributed by atoms with Crippen LogP contribution in [0.15, 0.2) is 36.7 Å². The summed E-state index contributed by atoms with van der Waals surface area (Å²) in [5.74, 6) is 1.46. The minimum atomic E-state index is -0.152. The average Bonchev–Trinajstić information content (AvgIpc) is 2.66. The minimum Gasteiger partial charge on any atom is -0.378 e. The van der Waals surface area contributed by atoms with Crippen molar-refractivity contribution in [3.63, 3.8) is 0 Å². The zero-order valence-corrected chi connectivity index (χ0v) is 14.5. The van der Waals surface area contributed by atoms with Crippen molar-refractivity contribution >= 4 is 29.1 Å². The number of hydrogen-bond acceptors (Lipinski definition) is 6. The Morgan fingerprint density at radius 1 is 1.20 bits per heavy atom. The Morgan fingerprint density at radius 3 is 2.84 bits per heavy atom. The second-order valence-corrected chi connectivity index (χ2v) is 5.99. The zero-order valence-electron chi connectivity index (χ0n) is 13.7.